The maximum atomic E-state index is 13.1. The minimum Gasteiger partial charge on any atom is -0.497 e. The normalized spacial score (nSPS) is 17.2. The van der Waals surface area contributed by atoms with Gasteiger partial charge < -0.3 is 14.4 Å². The molecule has 1 amide bonds. The molecule has 3 aromatic rings. The number of methoxy groups -OCH3 is 1. The lowest BCUT2D eigenvalue weighted by molar-refractivity contribution is -0.131. The van der Waals surface area contributed by atoms with E-state index in [1.165, 1.54) is 4.31 Å². The molecule has 5 rings (SSSR count). The number of ether oxygens (including phenoxy) is 2. The van der Waals surface area contributed by atoms with Crippen molar-refractivity contribution in [1.82, 2.24) is 9.80 Å². The smallest absolute Gasteiger partial charge is 0.265 e. The SMILES string of the molecule is COc1ccc(OCCN2CCN(C(=O)CN3c4cccc5cccc(c45)S3(=O)=O)CC2)cc1. The number of hydrogen-bond acceptors (Lipinski definition) is 6. The Bertz CT molecular complexity index is 1300. The fourth-order valence-electron chi connectivity index (χ4n) is 4.54. The van der Waals surface area contributed by atoms with E-state index in [9.17, 15) is 13.2 Å². The van der Waals surface area contributed by atoms with Crippen LogP contribution in [0.25, 0.3) is 10.8 Å². The van der Waals surface area contributed by atoms with Gasteiger partial charge in [0.15, 0.2) is 0 Å². The van der Waals surface area contributed by atoms with Crippen LogP contribution in [0.3, 0.4) is 0 Å². The van der Waals surface area contributed by atoms with Crippen molar-refractivity contribution in [3.8, 4) is 11.5 Å². The molecule has 1 saturated heterocycles. The van der Waals surface area contributed by atoms with Crippen molar-refractivity contribution >= 4 is 32.4 Å². The fourth-order valence-corrected chi connectivity index (χ4v) is 6.20. The molecule has 9 heteroatoms. The summed E-state index contributed by atoms with van der Waals surface area (Å²) in [5.41, 5.74) is 0.579. The topological polar surface area (TPSA) is 79.4 Å². The van der Waals surface area contributed by atoms with Gasteiger partial charge in [-0.25, -0.2) is 8.42 Å². The van der Waals surface area contributed by atoms with Gasteiger partial charge in [0.1, 0.15) is 24.7 Å². The van der Waals surface area contributed by atoms with Gasteiger partial charge in [-0.3, -0.25) is 14.0 Å². The maximum Gasteiger partial charge on any atom is 0.265 e. The number of carbonyl (C=O) groups is 1. The highest BCUT2D eigenvalue weighted by Crippen LogP contribution is 2.41. The molecule has 0 radical (unpaired) electrons. The zero-order valence-corrected chi connectivity index (χ0v) is 19.8. The Morgan fingerprint density at radius 3 is 2.29 bits per heavy atom. The van der Waals surface area contributed by atoms with E-state index < -0.39 is 10.0 Å². The predicted molar refractivity (Wildman–Crippen MR) is 130 cm³/mol. The summed E-state index contributed by atoms with van der Waals surface area (Å²) in [5.74, 6) is 1.40. The van der Waals surface area contributed by atoms with Gasteiger partial charge in [-0.1, -0.05) is 24.3 Å². The number of piperazine rings is 1. The molecule has 2 aliphatic rings. The first kappa shape index (κ1) is 22.5. The van der Waals surface area contributed by atoms with Crippen LogP contribution in [-0.2, 0) is 14.8 Å². The number of carbonyl (C=O) groups excluding carboxylic acids is 1. The lowest BCUT2D eigenvalue weighted by atomic mass is 10.1. The quantitative estimate of drug-likeness (QED) is 0.516. The highest BCUT2D eigenvalue weighted by molar-refractivity contribution is 7.93. The summed E-state index contributed by atoms with van der Waals surface area (Å²) in [6, 6.07) is 18.2. The fraction of sp³-hybridized carbons (Fsp3) is 0.320. The minimum absolute atomic E-state index is 0.178. The van der Waals surface area contributed by atoms with E-state index in [0.29, 0.717) is 30.8 Å². The molecule has 2 heterocycles. The van der Waals surface area contributed by atoms with Crippen molar-refractivity contribution in [3.05, 3.63) is 60.7 Å². The summed E-state index contributed by atoms with van der Waals surface area (Å²) in [5, 5.41) is 1.55. The summed E-state index contributed by atoms with van der Waals surface area (Å²) in [6.07, 6.45) is 0. The number of hydrogen-bond donors (Lipinski definition) is 0. The second kappa shape index (κ2) is 9.15. The monoisotopic (exact) mass is 481 g/mol. The maximum absolute atomic E-state index is 13.1. The summed E-state index contributed by atoms with van der Waals surface area (Å²) >= 11 is 0. The standard InChI is InChI=1S/C25H27N3O5S/c1-32-20-8-10-21(11-9-20)33-17-16-26-12-14-27(15-13-26)24(29)18-28-22-6-2-4-19-5-3-7-23(25(19)22)34(28,30)31/h2-11H,12-18H2,1H3. The molecule has 0 atom stereocenters. The van der Waals surface area contributed by atoms with Crippen molar-refractivity contribution < 1.29 is 22.7 Å². The van der Waals surface area contributed by atoms with E-state index in [1.54, 1.807) is 30.2 Å². The first-order valence-electron chi connectivity index (χ1n) is 11.3. The zero-order valence-electron chi connectivity index (χ0n) is 19.0. The summed E-state index contributed by atoms with van der Waals surface area (Å²) in [4.78, 5) is 17.3. The Morgan fingerprint density at radius 1 is 0.912 bits per heavy atom. The molecule has 8 nitrogen and oxygen atoms in total. The molecule has 34 heavy (non-hydrogen) atoms. The number of rotatable bonds is 7. The van der Waals surface area contributed by atoms with Gasteiger partial charge in [0.05, 0.1) is 17.7 Å². The lowest BCUT2D eigenvalue weighted by Crippen LogP contribution is -2.52. The van der Waals surface area contributed by atoms with Crippen LogP contribution in [0.5, 0.6) is 11.5 Å². The molecule has 0 spiro atoms. The van der Waals surface area contributed by atoms with Crippen LogP contribution in [0.2, 0.25) is 0 Å². The molecule has 3 aromatic carbocycles. The van der Waals surface area contributed by atoms with Crippen molar-refractivity contribution in [2.24, 2.45) is 0 Å². The molecule has 0 aliphatic carbocycles. The van der Waals surface area contributed by atoms with Crippen LogP contribution in [0, 0.1) is 0 Å². The van der Waals surface area contributed by atoms with Gasteiger partial charge in [-0.15, -0.1) is 0 Å². The van der Waals surface area contributed by atoms with Gasteiger partial charge in [-0.05, 0) is 41.8 Å². The van der Waals surface area contributed by atoms with E-state index in [1.807, 2.05) is 42.5 Å². The Morgan fingerprint density at radius 2 is 1.59 bits per heavy atom. The van der Waals surface area contributed by atoms with Crippen LogP contribution in [0.1, 0.15) is 0 Å². The predicted octanol–water partition coefficient (Wildman–Crippen LogP) is 2.58. The van der Waals surface area contributed by atoms with E-state index in [2.05, 4.69) is 4.90 Å². The third kappa shape index (κ3) is 4.17. The number of anilines is 1. The van der Waals surface area contributed by atoms with Gasteiger partial charge in [0.2, 0.25) is 5.91 Å². The molecule has 0 bridgehead atoms. The average molecular weight is 482 g/mol. The van der Waals surface area contributed by atoms with Gasteiger partial charge in [-0.2, -0.15) is 0 Å². The third-order valence-electron chi connectivity index (χ3n) is 6.42. The van der Waals surface area contributed by atoms with E-state index in [-0.39, 0.29) is 17.3 Å². The van der Waals surface area contributed by atoms with Crippen molar-refractivity contribution in [2.45, 2.75) is 4.90 Å². The Labute approximate surface area is 199 Å². The average Bonchev–Trinajstić information content (AvgIpc) is 3.08. The second-order valence-electron chi connectivity index (χ2n) is 8.39. The summed E-state index contributed by atoms with van der Waals surface area (Å²) in [6.45, 7) is 3.69. The van der Waals surface area contributed by atoms with E-state index >= 15 is 0 Å². The van der Waals surface area contributed by atoms with Gasteiger partial charge >= 0.3 is 0 Å². The van der Waals surface area contributed by atoms with Crippen molar-refractivity contribution in [1.29, 1.82) is 0 Å². The summed E-state index contributed by atoms with van der Waals surface area (Å²) in [7, 11) is -2.11. The number of amides is 1. The first-order valence-corrected chi connectivity index (χ1v) is 12.7. The summed E-state index contributed by atoms with van der Waals surface area (Å²) < 4.78 is 38.5. The molecule has 0 unspecified atom stereocenters. The van der Waals surface area contributed by atoms with Crippen molar-refractivity contribution in [3.63, 3.8) is 0 Å². The van der Waals surface area contributed by atoms with Crippen LogP contribution in [0.4, 0.5) is 5.69 Å². The molecule has 178 valence electrons. The minimum atomic E-state index is -3.73. The lowest BCUT2D eigenvalue weighted by Gasteiger charge is -2.35. The van der Waals surface area contributed by atoms with Crippen LogP contribution < -0.4 is 13.8 Å². The van der Waals surface area contributed by atoms with Gasteiger partial charge in [0.25, 0.3) is 10.0 Å². The first-order chi connectivity index (χ1) is 16.5. The number of nitrogens with zero attached hydrogens (tertiary/aromatic N) is 3. The van der Waals surface area contributed by atoms with Crippen LogP contribution in [-0.4, -0.2) is 77.1 Å². The molecule has 1 fully saturated rings. The Balaban J connectivity index is 1.15. The third-order valence-corrected chi connectivity index (χ3v) is 8.22. The van der Waals surface area contributed by atoms with E-state index in [0.717, 1.165) is 36.5 Å². The highest BCUT2D eigenvalue weighted by atomic mass is 32.2. The Hall–Kier alpha value is -3.30. The van der Waals surface area contributed by atoms with Crippen LogP contribution in [0.15, 0.2) is 65.6 Å². The molecule has 0 N–H and O–H groups in total. The molecular formula is C25H27N3O5S. The molecule has 2 aliphatic heterocycles. The second-order valence-corrected chi connectivity index (χ2v) is 10.2. The molecule has 0 aromatic heterocycles. The van der Waals surface area contributed by atoms with Crippen molar-refractivity contribution in [2.75, 3.05) is 57.3 Å². The Kier molecular flexibility index (Phi) is 6.05. The zero-order chi connectivity index (χ0) is 23.7. The largest absolute Gasteiger partial charge is 0.497 e. The van der Waals surface area contributed by atoms with E-state index in [4.69, 9.17) is 9.47 Å². The van der Waals surface area contributed by atoms with Gasteiger partial charge in [0, 0.05) is 38.1 Å². The molecular weight excluding hydrogens is 454 g/mol. The number of benzene rings is 3. The highest BCUT2D eigenvalue weighted by Gasteiger charge is 2.37. The van der Waals surface area contributed by atoms with Crippen LogP contribution >= 0.6 is 0 Å². The molecule has 0 saturated carbocycles. The number of sulfonamides is 1.